The second-order valence-electron chi connectivity index (χ2n) is 6.16. The molecule has 2 rings (SSSR count). The van der Waals surface area contributed by atoms with Gasteiger partial charge >= 0.3 is 5.97 Å². The summed E-state index contributed by atoms with van der Waals surface area (Å²) in [4.78, 5) is 15.8. The fraction of sp³-hybridized carbons (Fsp3) is 0.412. The van der Waals surface area contributed by atoms with Gasteiger partial charge in [-0.05, 0) is 36.1 Å². The summed E-state index contributed by atoms with van der Waals surface area (Å²) in [6.07, 6.45) is 3.92. The van der Waals surface area contributed by atoms with Gasteiger partial charge < -0.3 is 9.15 Å². The predicted molar refractivity (Wildman–Crippen MR) is 82.8 cm³/mol. The Morgan fingerprint density at radius 1 is 1.38 bits per heavy atom. The van der Waals surface area contributed by atoms with Gasteiger partial charge in [0.15, 0.2) is 11.5 Å². The highest BCUT2D eigenvalue weighted by Crippen LogP contribution is 2.24. The number of hydrogen-bond acceptors (Lipinski definition) is 4. The first-order valence-electron chi connectivity index (χ1n) is 7.12. The molecule has 0 aliphatic heterocycles. The summed E-state index contributed by atoms with van der Waals surface area (Å²) < 4.78 is 10.6. The van der Waals surface area contributed by atoms with Crippen LogP contribution in [-0.4, -0.2) is 17.6 Å². The van der Waals surface area contributed by atoms with E-state index in [-0.39, 0.29) is 11.4 Å². The SMILES string of the molecule is CCOC(=O)C=Cc1ccc2oc(CC(C)(C)C)nc2c1. The Bertz CT molecular complexity index is 662. The highest BCUT2D eigenvalue weighted by molar-refractivity contribution is 5.88. The summed E-state index contributed by atoms with van der Waals surface area (Å²) in [5, 5.41) is 0. The Morgan fingerprint density at radius 2 is 2.14 bits per heavy atom. The molecule has 0 aliphatic carbocycles. The van der Waals surface area contributed by atoms with Gasteiger partial charge in [0.1, 0.15) is 5.52 Å². The van der Waals surface area contributed by atoms with Crippen LogP contribution in [0.3, 0.4) is 0 Å². The van der Waals surface area contributed by atoms with Gasteiger partial charge in [-0.15, -0.1) is 0 Å². The molecule has 1 aromatic heterocycles. The third-order valence-electron chi connectivity index (χ3n) is 2.84. The van der Waals surface area contributed by atoms with Crippen molar-refractivity contribution >= 4 is 23.1 Å². The molecule has 0 N–H and O–H groups in total. The summed E-state index contributed by atoms with van der Waals surface area (Å²) in [6.45, 7) is 8.60. The molecule has 0 atom stereocenters. The van der Waals surface area contributed by atoms with E-state index in [0.717, 1.165) is 29.0 Å². The molecule has 0 spiro atoms. The maximum atomic E-state index is 11.3. The Morgan fingerprint density at radius 3 is 2.81 bits per heavy atom. The van der Waals surface area contributed by atoms with E-state index in [0.29, 0.717) is 6.61 Å². The molecule has 0 bridgehead atoms. The van der Waals surface area contributed by atoms with E-state index >= 15 is 0 Å². The molecule has 0 radical (unpaired) electrons. The van der Waals surface area contributed by atoms with Crippen LogP contribution in [0.4, 0.5) is 0 Å². The fourth-order valence-corrected chi connectivity index (χ4v) is 1.98. The number of hydrogen-bond donors (Lipinski definition) is 0. The van der Waals surface area contributed by atoms with Gasteiger partial charge in [0, 0.05) is 12.5 Å². The second-order valence-corrected chi connectivity index (χ2v) is 6.16. The molecule has 4 nitrogen and oxygen atoms in total. The smallest absolute Gasteiger partial charge is 0.330 e. The van der Waals surface area contributed by atoms with Crippen LogP contribution >= 0.6 is 0 Å². The minimum Gasteiger partial charge on any atom is -0.463 e. The Kier molecular flexibility index (Phi) is 4.46. The lowest BCUT2D eigenvalue weighted by molar-refractivity contribution is -0.137. The zero-order valence-electron chi connectivity index (χ0n) is 13.0. The lowest BCUT2D eigenvalue weighted by atomic mass is 9.92. The van der Waals surface area contributed by atoms with Crippen molar-refractivity contribution in [3.8, 4) is 0 Å². The van der Waals surface area contributed by atoms with Crippen molar-refractivity contribution in [1.29, 1.82) is 0 Å². The summed E-state index contributed by atoms with van der Waals surface area (Å²) in [5.41, 5.74) is 2.60. The Labute approximate surface area is 124 Å². The molecule has 0 saturated heterocycles. The predicted octanol–water partition coefficient (Wildman–Crippen LogP) is 3.99. The van der Waals surface area contributed by atoms with E-state index in [9.17, 15) is 4.79 Å². The van der Waals surface area contributed by atoms with Crippen LogP contribution in [0.15, 0.2) is 28.7 Å². The minimum atomic E-state index is -0.342. The molecule has 0 fully saturated rings. The van der Waals surface area contributed by atoms with Crippen LogP contribution in [-0.2, 0) is 16.0 Å². The highest BCUT2D eigenvalue weighted by Gasteiger charge is 2.16. The van der Waals surface area contributed by atoms with Crippen LogP contribution in [0.2, 0.25) is 0 Å². The number of carbonyl (C=O) groups is 1. The van der Waals surface area contributed by atoms with Gasteiger partial charge in [-0.25, -0.2) is 9.78 Å². The van der Waals surface area contributed by atoms with Gasteiger partial charge in [0.05, 0.1) is 6.61 Å². The molecule has 1 heterocycles. The molecule has 0 aliphatic rings. The highest BCUT2D eigenvalue weighted by atomic mass is 16.5. The first-order valence-corrected chi connectivity index (χ1v) is 7.12. The van der Waals surface area contributed by atoms with Crippen LogP contribution < -0.4 is 0 Å². The molecule has 0 saturated carbocycles. The van der Waals surface area contributed by atoms with E-state index in [1.807, 2.05) is 18.2 Å². The number of nitrogens with zero attached hydrogens (tertiary/aromatic N) is 1. The Balaban J connectivity index is 2.20. The number of fused-ring (bicyclic) bond motifs is 1. The van der Waals surface area contributed by atoms with Crippen molar-refractivity contribution in [1.82, 2.24) is 4.98 Å². The maximum absolute atomic E-state index is 11.3. The zero-order chi connectivity index (χ0) is 15.5. The van der Waals surface area contributed by atoms with Crippen molar-refractivity contribution in [3.63, 3.8) is 0 Å². The van der Waals surface area contributed by atoms with Gasteiger partial charge in [-0.2, -0.15) is 0 Å². The third-order valence-corrected chi connectivity index (χ3v) is 2.84. The largest absolute Gasteiger partial charge is 0.463 e. The van der Waals surface area contributed by atoms with Crippen LogP contribution in [0.5, 0.6) is 0 Å². The number of rotatable bonds is 4. The first-order chi connectivity index (χ1) is 9.87. The lowest BCUT2D eigenvalue weighted by Gasteiger charge is -2.14. The monoisotopic (exact) mass is 287 g/mol. The summed E-state index contributed by atoms with van der Waals surface area (Å²) in [5.74, 6) is 0.398. The van der Waals surface area contributed by atoms with Crippen LogP contribution in [0, 0.1) is 5.41 Å². The fourth-order valence-electron chi connectivity index (χ4n) is 1.98. The van der Waals surface area contributed by atoms with Gasteiger partial charge in [0.2, 0.25) is 0 Å². The van der Waals surface area contributed by atoms with E-state index in [1.165, 1.54) is 6.08 Å². The number of benzene rings is 1. The van der Waals surface area contributed by atoms with Crippen molar-refractivity contribution in [2.24, 2.45) is 5.41 Å². The number of carbonyl (C=O) groups excluding carboxylic acids is 1. The van der Waals surface area contributed by atoms with Crippen molar-refractivity contribution < 1.29 is 13.9 Å². The Hall–Kier alpha value is -2.10. The molecular formula is C17H21NO3. The molecule has 0 amide bonds. The van der Waals surface area contributed by atoms with Crippen molar-refractivity contribution in [2.45, 2.75) is 34.1 Å². The molecule has 21 heavy (non-hydrogen) atoms. The average Bonchev–Trinajstić information content (AvgIpc) is 2.75. The molecule has 1 aromatic carbocycles. The zero-order valence-corrected chi connectivity index (χ0v) is 13.0. The molecule has 4 heteroatoms. The van der Waals surface area contributed by atoms with E-state index in [2.05, 4.69) is 25.8 Å². The van der Waals surface area contributed by atoms with E-state index < -0.39 is 0 Å². The number of ether oxygens (including phenoxy) is 1. The maximum Gasteiger partial charge on any atom is 0.330 e. The normalized spacial score (nSPS) is 12.2. The molecule has 112 valence electrons. The number of aromatic nitrogens is 1. The summed E-state index contributed by atoms with van der Waals surface area (Å²) in [7, 11) is 0. The summed E-state index contributed by atoms with van der Waals surface area (Å²) >= 11 is 0. The standard InChI is InChI=1S/C17H21NO3/c1-5-20-16(19)9-7-12-6-8-14-13(10-12)18-15(21-14)11-17(2,3)4/h6-10H,5,11H2,1-4H3. The van der Waals surface area contributed by atoms with Crippen molar-refractivity contribution in [2.75, 3.05) is 6.61 Å². The minimum absolute atomic E-state index is 0.132. The van der Waals surface area contributed by atoms with E-state index in [1.54, 1.807) is 13.0 Å². The van der Waals surface area contributed by atoms with Crippen LogP contribution in [0.25, 0.3) is 17.2 Å². The van der Waals surface area contributed by atoms with E-state index in [4.69, 9.17) is 9.15 Å². The number of esters is 1. The quantitative estimate of drug-likeness (QED) is 0.630. The third kappa shape index (κ3) is 4.45. The average molecular weight is 287 g/mol. The molecule has 2 aromatic rings. The van der Waals surface area contributed by atoms with Gasteiger partial charge in [-0.3, -0.25) is 0 Å². The van der Waals surface area contributed by atoms with Gasteiger partial charge in [-0.1, -0.05) is 26.8 Å². The topological polar surface area (TPSA) is 52.3 Å². The van der Waals surface area contributed by atoms with Crippen LogP contribution in [0.1, 0.15) is 39.1 Å². The van der Waals surface area contributed by atoms with Crippen molar-refractivity contribution in [3.05, 3.63) is 35.7 Å². The summed E-state index contributed by atoms with van der Waals surface area (Å²) in [6, 6.07) is 5.67. The second kappa shape index (κ2) is 6.12. The lowest BCUT2D eigenvalue weighted by Crippen LogP contribution is -2.09. The van der Waals surface area contributed by atoms with Gasteiger partial charge in [0.25, 0.3) is 0 Å². The number of oxazole rings is 1. The first kappa shape index (κ1) is 15.3. The molecule has 0 unspecified atom stereocenters. The molecular weight excluding hydrogens is 266 g/mol.